The summed E-state index contributed by atoms with van der Waals surface area (Å²) < 4.78 is 5.13. The van der Waals surface area contributed by atoms with Crippen LogP contribution < -0.4 is 11.1 Å². The van der Waals surface area contributed by atoms with E-state index in [2.05, 4.69) is 15.5 Å². The monoisotopic (exact) mass is 260 g/mol. The summed E-state index contributed by atoms with van der Waals surface area (Å²) in [4.78, 5) is 11.7. The van der Waals surface area contributed by atoms with Crippen molar-refractivity contribution in [3.8, 4) is 11.5 Å². The first-order chi connectivity index (χ1) is 9.20. The lowest BCUT2D eigenvalue weighted by atomic mass is 10.1. The summed E-state index contributed by atoms with van der Waals surface area (Å²) in [5, 5.41) is 10.3. The van der Waals surface area contributed by atoms with Crippen LogP contribution in [0.3, 0.4) is 0 Å². The zero-order chi connectivity index (χ0) is 13.7. The van der Waals surface area contributed by atoms with Crippen LogP contribution in [0.1, 0.15) is 18.4 Å². The normalized spacial score (nSPS) is 10.4. The van der Waals surface area contributed by atoms with Crippen LogP contribution in [0.25, 0.3) is 11.5 Å². The number of aromatic nitrogens is 2. The maximum atomic E-state index is 11.7. The van der Waals surface area contributed by atoms with E-state index in [4.69, 9.17) is 10.2 Å². The quantitative estimate of drug-likeness (QED) is 0.853. The van der Waals surface area contributed by atoms with Gasteiger partial charge in [-0.05, 0) is 37.6 Å². The third-order valence-electron chi connectivity index (χ3n) is 2.73. The highest BCUT2D eigenvalue weighted by atomic mass is 16.4. The molecule has 100 valence electrons. The van der Waals surface area contributed by atoms with Crippen molar-refractivity contribution in [1.29, 1.82) is 0 Å². The van der Waals surface area contributed by atoms with Gasteiger partial charge in [-0.1, -0.05) is 6.07 Å². The molecule has 2 aromatic rings. The largest absolute Gasteiger partial charge is 0.423 e. The molecule has 0 saturated heterocycles. The molecule has 0 radical (unpaired) electrons. The number of carbonyl (C=O) groups excluding carboxylic acids is 1. The molecular formula is C13H16N4O2. The third kappa shape index (κ3) is 3.38. The van der Waals surface area contributed by atoms with Gasteiger partial charge in [0.05, 0.1) is 0 Å². The lowest BCUT2D eigenvalue weighted by Gasteiger charge is -2.09. The van der Waals surface area contributed by atoms with E-state index in [1.54, 1.807) is 0 Å². The maximum Gasteiger partial charge on any atom is 0.247 e. The molecule has 1 aromatic carbocycles. The number of hydrogen-bond donors (Lipinski definition) is 2. The number of nitrogens with two attached hydrogens (primary N) is 1. The maximum absolute atomic E-state index is 11.7. The van der Waals surface area contributed by atoms with E-state index in [-0.39, 0.29) is 5.91 Å². The van der Waals surface area contributed by atoms with Gasteiger partial charge in [-0.15, -0.1) is 10.2 Å². The Hall–Kier alpha value is -2.21. The Morgan fingerprint density at radius 3 is 3.00 bits per heavy atom. The van der Waals surface area contributed by atoms with Gasteiger partial charge < -0.3 is 15.5 Å². The van der Waals surface area contributed by atoms with Crippen molar-refractivity contribution >= 4 is 11.6 Å². The molecule has 1 amide bonds. The standard InChI is InChI=1S/C13H16N4O2/c1-9-4-5-10(13-17-15-8-19-13)7-11(9)16-12(18)3-2-6-14/h4-5,7-8H,2-3,6,14H2,1H3,(H,16,18). The number of amides is 1. The van der Waals surface area contributed by atoms with E-state index in [0.29, 0.717) is 25.3 Å². The van der Waals surface area contributed by atoms with Crippen molar-refractivity contribution in [2.24, 2.45) is 5.73 Å². The Morgan fingerprint density at radius 2 is 2.32 bits per heavy atom. The molecule has 0 fully saturated rings. The van der Waals surface area contributed by atoms with Gasteiger partial charge >= 0.3 is 0 Å². The van der Waals surface area contributed by atoms with Gasteiger partial charge in [0, 0.05) is 17.7 Å². The van der Waals surface area contributed by atoms with Crippen LogP contribution in [0.15, 0.2) is 29.0 Å². The van der Waals surface area contributed by atoms with Gasteiger partial charge in [-0.2, -0.15) is 0 Å². The summed E-state index contributed by atoms with van der Waals surface area (Å²) in [6, 6.07) is 5.60. The second-order valence-electron chi connectivity index (χ2n) is 4.21. The van der Waals surface area contributed by atoms with Crippen LogP contribution in [0, 0.1) is 6.92 Å². The predicted molar refractivity (Wildman–Crippen MR) is 71.4 cm³/mol. The molecule has 3 N–H and O–H groups in total. The number of nitrogens with one attached hydrogen (secondary N) is 1. The Bertz CT molecular complexity index is 552. The lowest BCUT2D eigenvalue weighted by Crippen LogP contribution is -2.14. The highest BCUT2D eigenvalue weighted by Gasteiger charge is 2.09. The zero-order valence-corrected chi connectivity index (χ0v) is 10.7. The van der Waals surface area contributed by atoms with Gasteiger partial charge in [-0.3, -0.25) is 4.79 Å². The number of nitrogens with zero attached hydrogens (tertiary/aromatic N) is 2. The van der Waals surface area contributed by atoms with E-state index in [1.165, 1.54) is 6.39 Å². The Morgan fingerprint density at radius 1 is 1.47 bits per heavy atom. The highest BCUT2D eigenvalue weighted by molar-refractivity contribution is 5.92. The number of carbonyl (C=O) groups is 1. The highest BCUT2D eigenvalue weighted by Crippen LogP contribution is 2.23. The summed E-state index contributed by atoms with van der Waals surface area (Å²) in [6.07, 6.45) is 2.36. The topological polar surface area (TPSA) is 94.0 Å². The van der Waals surface area contributed by atoms with E-state index in [0.717, 1.165) is 16.8 Å². The molecule has 0 spiro atoms. The van der Waals surface area contributed by atoms with Gasteiger partial charge in [-0.25, -0.2) is 0 Å². The van der Waals surface area contributed by atoms with E-state index in [1.807, 2.05) is 25.1 Å². The minimum atomic E-state index is -0.0452. The van der Waals surface area contributed by atoms with Gasteiger partial charge in [0.2, 0.25) is 18.2 Å². The van der Waals surface area contributed by atoms with Crippen molar-refractivity contribution in [3.05, 3.63) is 30.2 Å². The van der Waals surface area contributed by atoms with Crippen LogP contribution in [0.4, 0.5) is 5.69 Å². The smallest absolute Gasteiger partial charge is 0.247 e. The minimum Gasteiger partial charge on any atom is -0.423 e. The van der Waals surface area contributed by atoms with Crippen LogP contribution in [-0.2, 0) is 4.79 Å². The molecule has 6 heteroatoms. The molecule has 2 rings (SSSR count). The van der Waals surface area contributed by atoms with Crippen molar-refractivity contribution in [1.82, 2.24) is 10.2 Å². The number of hydrogen-bond acceptors (Lipinski definition) is 5. The first-order valence-electron chi connectivity index (χ1n) is 6.08. The fourth-order valence-electron chi connectivity index (χ4n) is 1.66. The van der Waals surface area contributed by atoms with Crippen LogP contribution in [0.5, 0.6) is 0 Å². The van der Waals surface area contributed by atoms with Crippen molar-refractivity contribution in [2.45, 2.75) is 19.8 Å². The van der Waals surface area contributed by atoms with Crippen LogP contribution in [0.2, 0.25) is 0 Å². The Labute approximate surface area is 111 Å². The Balaban J connectivity index is 2.16. The van der Waals surface area contributed by atoms with Crippen molar-refractivity contribution < 1.29 is 9.21 Å². The Kier molecular flexibility index (Phi) is 4.25. The summed E-state index contributed by atoms with van der Waals surface area (Å²) in [5.74, 6) is 0.383. The number of anilines is 1. The van der Waals surface area contributed by atoms with Gasteiger partial charge in [0.25, 0.3) is 0 Å². The molecular weight excluding hydrogens is 244 g/mol. The van der Waals surface area contributed by atoms with E-state index < -0.39 is 0 Å². The fourth-order valence-corrected chi connectivity index (χ4v) is 1.66. The molecule has 0 aliphatic heterocycles. The average molecular weight is 260 g/mol. The third-order valence-corrected chi connectivity index (χ3v) is 2.73. The summed E-state index contributed by atoms with van der Waals surface area (Å²) in [7, 11) is 0. The van der Waals surface area contributed by atoms with Crippen LogP contribution >= 0.6 is 0 Å². The predicted octanol–water partition coefficient (Wildman–Crippen LogP) is 1.72. The zero-order valence-electron chi connectivity index (χ0n) is 10.7. The fraction of sp³-hybridized carbons (Fsp3) is 0.308. The molecule has 0 unspecified atom stereocenters. The summed E-state index contributed by atoms with van der Waals surface area (Å²) in [6.45, 7) is 2.44. The van der Waals surface area contributed by atoms with Crippen molar-refractivity contribution in [2.75, 3.05) is 11.9 Å². The molecule has 0 aliphatic rings. The van der Waals surface area contributed by atoms with E-state index >= 15 is 0 Å². The second kappa shape index (κ2) is 6.10. The first-order valence-corrected chi connectivity index (χ1v) is 6.08. The molecule has 1 aromatic heterocycles. The number of benzene rings is 1. The van der Waals surface area contributed by atoms with Gasteiger partial charge in [0.1, 0.15) is 0 Å². The molecule has 0 saturated carbocycles. The number of aryl methyl sites for hydroxylation is 1. The average Bonchev–Trinajstić information content (AvgIpc) is 2.93. The molecule has 19 heavy (non-hydrogen) atoms. The minimum absolute atomic E-state index is 0.0452. The molecule has 0 bridgehead atoms. The van der Waals surface area contributed by atoms with E-state index in [9.17, 15) is 4.79 Å². The SMILES string of the molecule is Cc1ccc(-c2nnco2)cc1NC(=O)CCCN. The molecule has 1 heterocycles. The molecule has 6 nitrogen and oxygen atoms in total. The van der Waals surface area contributed by atoms with Gasteiger partial charge in [0.15, 0.2) is 0 Å². The lowest BCUT2D eigenvalue weighted by molar-refractivity contribution is -0.116. The first kappa shape index (κ1) is 13.2. The molecule has 0 atom stereocenters. The second-order valence-corrected chi connectivity index (χ2v) is 4.21. The summed E-state index contributed by atoms with van der Waals surface area (Å²) >= 11 is 0. The molecule has 0 aliphatic carbocycles. The van der Waals surface area contributed by atoms with Crippen LogP contribution in [-0.4, -0.2) is 22.6 Å². The van der Waals surface area contributed by atoms with Crippen molar-refractivity contribution in [3.63, 3.8) is 0 Å². The number of rotatable bonds is 5. The summed E-state index contributed by atoms with van der Waals surface area (Å²) in [5.41, 5.74) is 7.88.